The maximum absolute atomic E-state index is 12.4. The van der Waals surface area contributed by atoms with E-state index < -0.39 is 24.7 Å². The van der Waals surface area contributed by atoms with Gasteiger partial charge in [0.25, 0.3) is 0 Å². The van der Waals surface area contributed by atoms with Crippen LogP contribution in [0, 0.1) is 0 Å². The van der Waals surface area contributed by atoms with Gasteiger partial charge in [0.1, 0.15) is 6.04 Å². The van der Waals surface area contributed by atoms with Crippen molar-refractivity contribution >= 4 is 5.97 Å². The molecule has 5 nitrogen and oxygen atoms in total. The minimum Gasteiger partial charge on any atom is -0.493 e. The highest BCUT2D eigenvalue weighted by atomic mass is 19.4. The van der Waals surface area contributed by atoms with Gasteiger partial charge in [0, 0.05) is 5.56 Å². The Bertz CT molecular complexity index is 491. The standard InChI is InChI=1S/C13H16F3NO4/c1-19-9-6-4-5-8(11(9)20-2)10(12(18)21-3)17-7-13(14,15)16/h4-6,10,17H,7H2,1-3H3. The number of methoxy groups -OCH3 is 3. The first-order valence-electron chi connectivity index (χ1n) is 5.93. The number of rotatable bonds is 6. The highest BCUT2D eigenvalue weighted by Gasteiger charge is 2.33. The monoisotopic (exact) mass is 307 g/mol. The van der Waals surface area contributed by atoms with Crippen molar-refractivity contribution in [1.82, 2.24) is 5.32 Å². The number of hydrogen-bond acceptors (Lipinski definition) is 5. The summed E-state index contributed by atoms with van der Waals surface area (Å²) in [5.41, 5.74) is 0.202. The molecule has 21 heavy (non-hydrogen) atoms. The molecule has 1 atom stereocenters. The van der Waals surface area contributed by atoms with Crippen molar-refractivity contribution in [3.05, 3.63) is 23.8 Å². The molecule has 0 heterocycles. The maximum atomic E-state index is 12.4. The lowest BCUT2D eigenvalue weighted by molar-refractivity contribution is -0.146. The molecule has 1 rings (SSSR count). The summed E-state index contributed by atoms with van der Waals surface area (Å²) in [5, 5.41) is 2.12. The zero-order chi connectivity index (χ0) is 16.0. The molecule has 0 saturated heterocycles. The molecule has 1 aromatic rings. The van der Waals surface area contributed by atoms with Gasteiger partial charge in [-0.25, -0.2) is 4.79 Å². The summed E-state index contributed by atoms with van der Waals surface area (Å²) in [7, 11) is 3.81. The van der Waals surface area contributed by atoms with E-state index in [1.165, 1.54) is 20.3 Å². The van der Waals surface area contributed by atoms with E-state index in [0.717, 1.165) is 7.11 Å². The predicted molar refractivity (Wildman–Crippen MR) is 68.4 cm³/mol. The number of alkyl halides is 3. The lowest BCUT2D eigenvalue weighted by Gasteiger charge is -2.21. The lowest BCUT2D eigenvalue weighted by Crippen LogP contribution is -2.36. The predicted octanol–water partition coefficient (Wildman–Crippen LogP) is 2.07. The molecule has 0 aliphatic rings. The van der Waals surface area contributed by atoms with Gasteiger partial charge in [0.2, 0.25) is 0 Å². The molecule has 0 aromatic heterocycles. The van der Waals surface area contributed by atoms with Gasteiger partial charge in [-0.1, -0.05) is 12.1 Å². The Kier molecular flexibility index (Phi) is 5.83. The zero-order valence-electron chi connectivity index (χ0n) is 11.8. The smallest absolute Gasteiger partial charge is 0.401 e. The van der Waals surface area contributed by atoms with Crippen LogP contribution in [0.3, 0.4) is 0 Å². The summed E-state index contributed by atoms with van der Waals surface area (Å²) in [4.78, 5) is 11.7. The molecule has 0 saturated carbocycles. The third kappa shape index (κ3) is 4.52. The molecule has 0 amide bonds. The molecule has 8 heteroatoms. The molecule has 0 aliphatic heterocycles. The van der Waals surface area contributed by atoms with Crippen LogP contribution < -0.4 is 14.8 Å². The second-order valence-electron chi connectivity index (χ2n) is 4.03. The van der Waals surface area contributed by atoms with Crippen LogP contribution in [0.5, 0.6) is 11.5 Å². The first kappa shape index (κ1) is 17.1. The van der Waals surface area contributed by atoms with Crippen LogP contribution in [0.1, 0.15) is 11.6 Å². The van der Waals surface area contributed by atoms with E-state index in [-0.39, 0.29) is 11.3 Å². The number of halogens is 3. The third-order valence-corrected chi connectivity index (χ3v) is 2.69. The summed E-state index contributed by atoms with van der Waals surface area (Å²) in [6.07, 6.45) is -4.46. The molecule has 0 aliphatic carbocycles. The molecular weight excluding hydrogens is 291 g/mol. The van der Waals surface area contributed by atoms with E-state index in [0.29, 0.717) is 5.75 Å². The van der Waals surface area contributed by atoms with E-state index >= 15 is 0 Å². The molecule has 0 fully saturated rings. The van der Waals surface area contributed by atoms with Crippen molar-refractivity contribution < 1.29 is 32.2 Å². The minimum atomic E-state index is -4.46. The highest BCUT2D eigenvalue weighted by Crippen LogP contribution is 2.35. The number of benzene rings is 1. The summed E-state index contributed by atoms with van der Waals surface area (Å²) < 4.78 is 51.8. The number of hydrogen-bond donors (Lipinski definition) is 1. The van der Waals surface area contributed by atoms with Gasteiger partial charge in [0.15, 0.2) is 11.5 Å². The van der Waals surface area contributed by atoms with Crippen molar-refractivity contribution in [2.45, 2.75) is 12.2 Å². The summed E-state index contributed by atoms with van der Waals surface area (Å²) in [6.45, 7) is -1.34. The van der Waals surface area contributed by atoms with Gasteiger partial charge < -0.3 is 14.2 Å². The fraction of sp³-hybridized carbons (Fsp3) is 0.462. The highest BCUT2D eigenvalue weighted by molar-refractivity contribution is 5.79. The van der Waals surface area contributed by atoms with Gasteiger partial charge in [0.05, 0.1) is 27.9 Å². The Balaban J connectivity index is 3.17. The van der Waals surface area contributed by atoms with E-state index in [1.54, 1.807) is 12.1 Å². The fourth-order valence-electron chi connectivity index (χ4n) is 1.80. The molecule has 0 spiro atoms. The number of para-hydroxylation sites is 1. The Morgan fingerprint density at radius 2 is 1.90 bits per heavy atom. The second-order valence-corrected chi connectivity index (χ2v) is 4.03. The molecule has 1 unspecified atom stereocenters. The van der Waals surface area contributed by atoms with Gasteiger partial charge >= 0.3 is 12.1 Å². The largest absolute Gasteiger partial charge is 0.493 e. The minimum absolute atomic E-state index is 0.171. The number of carbonyl (C=O) groups excluding carboxylic acids is 1. The SMILES string of the molecule is COC(=O)C(NCC(F)(F)F)c1cccc(OC)c1OC. The van der Waals surface area contributed by atoms with E-state index in [9.17, 15) is 18.0 Å². The Hall–Kier alpha value is -1.96. The quantitative estimate of drug-likeness (QED) is 0.815. The van der Waals surface area contributed by atoms with E-state index in [2.05, 4.69) is 10.1 Å². The van der Waals surface area contributed by atoms with Gasteiger partial charge in [-0.15, -0.1) is 0 Å². The van der Waals surface area contributed by atoms with Gasteiger partial charge in [-0.2, -0.15) is 13.2 Å². The zero-order valence-corrected chi connectivity index (χ0v) is 11.8. The summed E-state index contributed by atoms with van der Waals surface area (Å²) >= 11 is 0. The van der Waals surface area contributed by atoms with Gasteiger partial charge in [-0.05, 0) is 6.07 Å². The van der Waals surface area contributed by atoms with Crippen LogP contribution in [-0.2, 0) is 9.53 Å². The topological polar surface area (TPSA) is 56.8 Å². The number of carbonyl (C=O) groups is 1. The summed E-state index contributed by atoms with van der Waals surface area (Å²) in [5.74, 6) is -0.381. The van der Waals surface area contributed by atoms with Crippen molar-refractivity contribution in [1.29, 1.82) is 0 Å². The molecule has 1 aromatic carbocycles. The number of nitrogens with one attached hydrogen (secondary N) is 1. The Labute approximate surface area is 120 Å². The van der Waals surface area contributed by atoms with Crippen LogP contribution >= 0.6 is 0 Å². The molecule has 118 valence electrons. The Morgan fingerprint density at radius 3 is 2.38 bits per heavy atom. The maximum Gasteiger partial charge on any atom is 0.401 e. The van der Waals surface area contributed by atoms with E-state index in [4.69, 9.17) is 9.47 Å². The normalized spacial score (nSPS) is 12.7. The number of ether oxygens (including phenoxy) is 3. The average Bonchev–Trinajstić information content (AvgIpc) is 2.45. The molecular formula is C13H16F3NO4. The van der Waals surface area contributed by atoms with Crippen LogP contribution in [-0.4, -0.2) is 40.0 Å². The average molecular weight is 307 g/mol. The second kappa shape index (κ2) is 7.16. The van der Waals surface area contributed by atoms with Gasteiger partial charge in [-0.3, -0.25) is 5.32 Å². The van der Waals surface area contributed by atoms with E-state index in [1.807, 2.05) is 0 Å². The van der Waals surface area contributed by atoms with Crippen LogP contribution in [0.25, 0.3) is 0 Å². The number of esters is 1. The fourth-order valence-corrected chi connectivity index (χ4v) is 1.80. The Morgan fingerprint density at radius 1 is 1.24 bits per heavy atom. The van der Waals surface area contributed by atoms with Crippen LogP contribution in [0.2, 0.25) is 0 Å². The molecule has 1 N–H and O–H groups in total. The van der Waals surface area contributed by atoms with Crippen molar-refractivity contribution in [3.63, 3.8) is 0 Å². The summed E-state index contributed by atoms with van der Waals surface area (Å²) in [6, 6.07) is 3.26. The first-order valence-corrected chi connectivity index (χ1v) is 5.93. The van der Waals surface area contributed by atoms with Crippen molar-refractivity contribution in [2.75, 3.05) is 27.9 Å². The first-order chi connectivity index (χ1) is 9.84. The molecule has 0 bridgehead atoms. The van der Waals surface area contributed by atoms with Crippen LogP contribution in [0.4, 0.5) is 13.2 Å². The molecule has 0 radical (unpaired) electrons. The van der Waals surface area contributed by atoms with Crippen molar-refractivity contribution in [3.8, 4) is 11.5 Å². The lowest BCUT2D eigenvalue weighted by atomic mass is 10.0. The van der Waals surface area contributed by atoms with Crippen molar-refractivity contribution in [2.24, 2.45) is 0 Å². The van der Waals surface area contributed by atoms with Crippen LogP contribution in [0.15, 0.2) is 18.2 Å². The third-order valence-electron chi connectivity index (χ3n) is 2.69.